The van der Waals surface area contributed by atoms with Crippen molar-refractivity contribution in [2.45, 2.75) is 129 Å². The SMILES string of the molecule is CC(C)(C)OC(=O)Nc1sc2c(F)cnc(-c3c4c(c5c(N6C7CCC6CN(C(=O)OC(C)(C)C)C7)nc(OCC6(CN7C8CCC7COC8)CC6)nc5c3F)COC4)c2c1C#N. The first-order valence-electron chi connectivity index (χ1n) is 21.9. The van der Waals surface area contributed by atoms with Crippen LogP contribution in [0.1, 0.15) is 96.8 Å². The third-order valence-corrected chi connectivity index (χ3v) is 14.3. The molecule has 15 nitrogen and oxygen atoms in total. The molecule has 6 aliphatic rings. The predicted molar refractivity (Wildman–Crippen MR) is 230 cm³/mol. The molecule has 63 heavy (non-hydrogen) atoms. The van der Waals surface area contributed by atoms with Gasteiger partial charge in [0.15, 0.2) is 11.6 Å². The second-order valence-corrected chi connectivity index (χ2v) is 21.0. The molecule has 4 saturated heterocycles. The van der Waals surface area contributed by atoms with Crippen molar-refractivity contribution in [3.05, 3.63) is 34.5 Å². The van der Waals surface area contributed by atoms with Gasteiger partial charge < -0.3 is 33.5 Å². The molecule has 0 spiro atoms. The van der Waals surface area contributed by atoms with Gasteiger partial charge in [0.1, 0.15) is 33.6 Å². The molecule has 4 bridgehead atoms. The largest absolute Gasteiger partial charge is 0.463 e. The molecule has 5 fully saturated rings. The third kappa shape index (κ3) is 7.68. The van der Waals surface area contributed by atoms with E-state index in [-0.39, 0.29) is 80.2 Å². The van der Waals surface area contributed by atoms with Crippen LogP contribution >= 0.6 is 11.3 Å². The van der Waals surface area contributed by atoms with Gasteiger partial charge in [-0.3, -0.25) is 15.2 Å². The smallest absolute Gasteiger partial charge is 0.412 e. The van der Waals surface area contributed by atoms with Crippen molar-refractivity contribution in [3.63, 3.8) is 0 Å². The monoisotopic (exact) mass is 886 g/mol. The van der Waals surface area contributed by atoms with E-state index < -0.39 is 28.9 Å². The number of carbonyl (C=O) groups excluding carboxylic acids is 2. The molecule has 1 aromatic carbocycles. The van der Waals surface area contributed by atoms with Crippen molar-refractivity contribution in [3.8, 4) is 23.3 Å². The van der Waals surface area contributed by atoms with E-state index in [0.717, 1.165) is 75.8 Å². The van der Waals surface area contributed by atoms with Gasteiger partial charge in [0.05, 0.1) is 60.6 Å². The van der Waals surface area contributed by atoms with Crippen LogP contribution < -0.4 is 15.0 Å². The number of morpholine rings is 1. The quantitative estimate of drug-likeness (QED) is 0.181. The number of rotatable bonds is 8. The molecule has 5 aliphatic heterocycles. The summed E-state index contributed by atoms with van der Waals surface area (Å²) in [4.78, 5) is 47.2. The van der Waals surface area contributed by atoms with E-state index in [1.54, 1.807) is 25.7 Å². The summed E-state index contributed by atoms with van der Waals surface area (Å²) in [5.74, 6) is -0.975. The second-order valence-electron chi connectivity index (χ2n) is 20.0. The minimum atomic E-state index is -0.837. The number of aromatic nitrogens is 3. The Balaban J connectivity index is 1.09. The fourth-order valence-electron chi connectivity index (χ4n) is 10.2. The van der Waals surface area contributed by atoms with E-state index in [9.17, 15) is 14.9 Å². The number of nitrogens with one attached hydrogen (secondary N) is 1. The lowest BCUT2D eigenvalue weighted by Gasteiger charge is -2.42. The Morgan fingerprint density at radius 3 is 2.25 bits per heavy atom. The summed E-state index contributed by atoms with van der Waals surface area (Å²) >= 11 is 0.845. The molecule has 4 unspecified atom stereocenters. The van der Waals surface area contributed by atoms with Crippen molar-refractivity contribution >= 4 is 55.3 Å². The molecule has 8 heterocycles. The van der Waals surface area contributed by atoms with E-state index in [4.69, 9.17) is 33.7 Å². The zero-order chi connectivity index (χ0) is 44.2. The summed E-state index contributed by atoms with van der Waals surface area (Å²) in [6.45, 7) is 14.3. The molecule has 4 atom stereocenters. The summed E-state index contributed by atoms with van der Waals surface area (Å²) in [5.41, 5.74) is -0.509. The van der Waals surface area contributed by atoms with Crippen molar-refractivity contribution in [1.82, 2.24) is 24.8 Å². The van der Waals surface area contributed by atoms with Crippen LogP contribution in [0.4, 0.5) is 29.2 Å². The number of piperazine rings is 1. The first-order valence-corrected chi connectivity index (χ1v) is 22.7. The number of nitrogens with zero attached hydrogens (tertiary/aromatic N) is 7. The topological polar surface area (TPSA) is 164 Å². The summed E-state index contributed by atoms with van der Waals surface area (Å²) in [5, 5.41) is 13.7. The normalized spacial score (nSPS) is 23.9. The Labute approximate surface area is 368 Å². The molecule has 0 radical (unpaired) electrons. The molecular formula is C45H52F2N8O7S. The number of amides is 2. The van der Waals surface area contributed by atoms with Gasteiger partial charge in [-0.15, -0.1) is 11.3 Å². The van der Waals surface area contributed by atoms with Gasteiger partial charge in [0.25, 0.3) is 0 Å². The van der Waals surface area contributed by atoms with E-state index in [0.29, 0.717) is 54.1 Å². The van der Waals surface area contributed by atoms with Crippen LogP contribution in [0.15, 0.2) is 6.20 Å². The first kappa shape index (κ1) is 42.0. The van der Waals surface area contributed by atoms with Crippen molar-refractivity contribution in [2.24, 2.45) is 5.41 Å². The number of hydrogen-bond donors (Lipinski definition) is 1. The number of benzene rings is 1. The Kier molecular flexibility index (Phi) is 10.2. The van der Waals surface area contributed by atoms with E-state index in [1.807, 2.05) is 20.8 Å². The number of fused-ring (bicyclic) bond motifs is 8. The summed E-state index contributed by atoms with van der Waals surface area (Å²) in [6.07, 6.45) is 5.57. The highest BCUT2D eigenvalue weighted by molar-refractivity contribution is 7.23. The van der Waals surface area contributed by atoms with Gasteiger partial charge in [-0.25, -0.2) is 18.4 Å². The molecule has 1 saturated carbocycles. The number of anilines is 2. The lowest BCUT2D eigenvalue weighted by molar-refractivity contribution is -0.0271. The Morgan fingerprint density at radius 1 is 0.937 bits per heavy atom. The Bertz CT molecular complexity index is 2550. The highest BCUT2D eigenvalue weighted by Crippen LogP contribution is 2.51. The number of nitriles is 1. The highest BCUT2D eigenvalue weighted by Gasteiger charge is 2.50. The summed E-state index contributed by atoms with van der Waals surface area (Å²) < 4.78 is 63.4. The molecule has 18 heteroatoms. The van der Waals surface area contributed by atoms with Gasteiger partial charge in [-0.1, -0.05) is 0 Å². The van der Waals surface area contributed by atoms with Crippen LogP contribution in [0.25, 0.3) is 32.2 Å². The number of likely N-dealkylation sites (tertiary alicyclic amines) is 1. The number of thiophene rings is 1. The highest BCUT2D eigenvalue weighted by atomic mass is 32.1. The maximum Gasteiger partial charge on any atom is 0.412 e. The molecule has 10 rings (SSSR count). The number of ether oxygens (including phenoxy) is 5. The Morgan fingerprint density at radius 2 is 1.60 bits per heavy atom. The number of carbonyl (C=O) groups is 2. The molecule has 2 amide bonds. The predicted octanol–water partition coefficient (Wildman–Crippen LogP) is 8.04. The minimum Gasteiger partial charge on any atom is -0.463 e. The lowest BCUT2D eigenvalue weighted by atomic mass is 9.93. The van der Waals surface area contributed by atoms with Crippen molar-refractivity contribution < 1.29 is 42.1 Å². The van der Waals surface area contributed by atoms with Crippen LogP contribution in [0.3, 0.4) is 0 Å². The zero-order valence-corrected chi connectivity index (χ0v) is 37.3. The zero-order valence-electron chi connectivity index (χ0n) is 36.4. The second kappa shape index (κ2) is 15.3. The van der Waals surface area contributed by atoms with Gasteiger partial charge in [0, 0.05) is 60.2 Å². The Hall–Kier alpha value is -4.96. The van der Waals surface area contributed by atoms with Crippen LogP contribution in [0.2, 0.25) is 0 Å². The van der Waals surface area contributed by atoms with Crippen LogP contribution in [-0.2, 0) is 32.2 Å². The molecule has 334 valence electrons. The van der Waals surface area contributed by atoms with Crippen molar-refractivity contribution in [1.29, 1.82) is 5.26 Å². The van der Waals surface area contributed by atoms with Gasteiger partial charge in [-0.2, -0.15) is 15.2 Å². The standard InChI is InChI=1S/C45H52F2N8O7S/c1-43(2,3)61-41(56)52-39-27(13-48)32-35(49-14-30(46)37(32)63-39)31-28-19-59-20-29(28)33-36(34(31)47)50-40(60-22-45(11-12-45)21-54-25-9-10-26(54)18-58-17-25)51-38(33)55-23-7-8-24(55)16-53(15-23)42(57)62-44(4,5)6/h14,23-26H,7-12,15-22H2,1-6H3,(H,52,56). The van der Waals surface area contributed by atoms with Gasteiger partial charge >= 0.3 is 18.2 Å². The average Bonchev–Trinajstić information content (AvgIpc) is 3.37. The summed E-state index contributed by atoms with van der Waals surface area (Å²) in [7, 11) is 0. The first-order chi connectivity index (χ1) is 30.0. The van der Waals surface area contributed by atoms with E-state index >= 15 is 8.78 Å². The molecular weight excluding hydrogens is 835 g/mol. The third-order valence-electron chi connectivity index (χ3n) is 13.1. The minimum absolute atomic E-state index is 0.0101. The molecule has 3 aromatic heterocycles. The van der Waals surface area contributed by atoms with Crippen LogP contribution in [0, 0.1) is 28.4 Å². The number of hydrogen-bond acceptors (Lipinski definition) is 14. The lowest BCUT2D eigenvalue weighted by Crippen LogP contribution is -2.56. The maximum absolute atomic E-state index is 18.0. The fourth-order valence-corrected chi connectivity index (χ4v) is 11.2. The van der Waals surface area contributed by atoms with E-state index in [1.165, 1.54) is 0 Å². The van der Waals surface area contributed by atoms with Gasteiger partial charge in [-0.05, 0) is 91.2 Å². The van der Waals surface area contributed by atoms with Crippen LogP contribution in [0.5, 0.6) is 6.01 Å². The summed E-state index contributed by atoms with van der Waals surface area (Å²) in [6, 6.07) is 2.64. The fraction of sp³-hybridized carbons (Fsp3) is 0.600. The molecule has 1 N–H and O–H groups in total. The average molecular weight is 887 g/mol. The van der Waals surface area contributed by atoms with Gasteiger partial charge in [0.2, 0.25) is 0 Å². The van der Waals surface area contributed by atoms with Crippen LogP contribution in [-0.4, -0.2) is 112 Å². The molecule has 4 aromatic rings. The van der Waals surface area contributed by atoms with E-state index in [2.05, 4.69) is 26.2 Å². The number of halogens is 2. The number of pyridine rings is 1. The maximum atomic E-state index is 18.0. The van der Waals surface area contributed by atoms with Crippen molar-refractivity contribution in [2.75, 3.05) is 49.7 Å². The molecule has 1 aliphatic carbocycles.